The minimum atomic E-state index is -4.71. The Bertz CT molecular complexity index is 544. The van der Waals surface area contributed by atoms with Gasteiger partial charge in [-0.2, -0.15) is 0 Å². The van der Waals surface area contributed by atoms with E-state index in [9.17, 15) is 14.2 Å². The Hall–Kier alpha value is -1.21. The molecule has 0 aromatic carbocycles. The van der Waals surface area contributed by atoms with Gasteiger partial charge in [-0.1, -0.05) is 58.1 Å². The lowest BCUT2D eigenvalue weighted by atomic mass is 10.1. The predicted octanol–water partition coefficient (Wildman–Crippen LogP) is 5.22. The minimum Gasteiger partial charge on any atom is -0.462 e. The van der Waals surface area contributed by atoms with Crippen LogP contribution in [0.25, 0.3) is 0 Å². The van der Waals surface area contributed by atoms with E-state index < -0.39 is 32.5 Å². The molecule has 0 aliphatic carbocycles. The third-order valence-electron chi connectivity index (χ3n) is 4.50. The van der Waals surface area contributed by atoms with Gasteiger partial charge in [0.25, 0.3) is 0 Å². The van der Waals surface area contributed by atoms with E-state index in [2.05, 4.69) is 23.6 Å². The molecule has 0 bridgehead atoms. The van der Waals surface area contributed by atoms with Crippen LogP contribution in [0.3, 0.4) is 0 Å². The molecule has 8 nitrogen and oxygen atoms in total. The number of carbonyl (C=O) groups is 2. The van der Waals surface area contributed by atoms with Crippen LogP contribution in [0.15, 0.2) is 12.2 Å². The van der Waals surface area contributed by atoms with Gasteiger partial charge >= 0.3 is 19.8 Å². The van der Waals surface area contributed by atoms with Crippen LogP contribution in [-0.4, -0.2) is 41.0 Å². The van der Waals surface area contributed by atoms with Gasteiger partial charge in [0.05, 0.1) is 6.61 Å². The minimum absolute atomic E-state index is 0.201. The van der Waals surface area contributed by atoms with Crippen LogP contribution in [0.5, 0.6) is 0 Å². The summed E-state index contributed by atoms with van der Waals surface area (Å²) in [6.45, 7) is 3.19. The summed E-state index contributed by atoms with van der Waals surface area (Å²) >= 11 is 0. The molecule has 0 aliphatic heterocycles. The highest BCUT2D eigenvalue weighted by Gasteiger charge is 2.22. The maximum Gasteiger partial charge on any atom is 0.469 e. The molecule has 0 spiro atoms. The third kappa shape index (κ3) is 21.8. The third-order valence-corrected chi connectivity index (χ3v) is 4.99. The van der Waals surface area contributed by atoms with E-state index in [1.54, 1.807) is 0 Å². The van der Waals surface area contributed by atoms with Gasteiger partial charge < -0.3 is 19.3 Å². The summed E-state index contributed by atoms with van der Waals surface area (Å²) in [6.07, 6.45) is 15.4. The van der Waals surface area contributed by atoms with Gasteiger partial charge in [0.2, 0.25) is 0 Å². The average molecular weight is 465 g/mol. The molecule has 0 rings (SSSR count). The monoisotopic (exact) mass is 464 g/mol. The van der Waals surface area contributed by atoms with Gasteiger partial charge in [0.15, 0.2) is 6.10 Å². The first-order valence-corrected chi connectivity index (χ1v) is 13.0. The van der Waals surface area contributed by atoms with Crippen molar-refractivity contribution < 1.29 is 37.9 Å². The first kappa shape index (κ1) is 29.8. The molecular weight excluding hydrogens is 423 g/mol. The average Bonchev–Trinajstić information content (AvgIpc) is 2.70. The molecule has 1 atom stereocenters. The number of phosphoric ester groups is 1. The van der Waals surface area contributed by atoms with Crippen molar-refractivity contribution in [1.29, 1.82) is 0 Å². The van der Waals surface area contributed by atoms with E-state index in [0.717, 1.165) is 38.5 Å². The van der Waals surface area contributed by atoms with Gasteiger partial charge in [0.1, 0.15) is 6.61 Å². The van der Waals surface area contributed by atoms with Crippen molar-refractivity contribution >= 4 is 19.8 Å². The predicted molar refractivity (Wildman–Crippen MR) is 119 cm³/mol. The van der Waals surface area contributed by atoms with Gasteiger partial charge in [-0.05, 0) is 38.5 Å². The Labute approximate surface area is 187 Å². The number of hydrogen-bond donors (Lipinski definition) is 2. The molecule has 0 saturated heterocycles. The van der Waals surface area contributed by atoms with Crippen molar-refractivity contribution in [3.63, 3.8) is 0 Å². The first-order chi connectivity index (χ1) is 14.8. The highest BCUT2D eigenvalue weighted by atomic mass is 31.2. The summed E-state index contributed by atoms with van der Waals surface area (Å²) < 4.78 is 25.4. The number of rotatable bonds is 20. The van der Waals surface area contributed by atoms with E-state index in [0.29, 0.717) is 12.8 Å². The number of esters is 2. The Morgan fingerprint density at radius 2 is 1.42 bits per heavy atom. The maximum absolute atomic E-state index is 12.0. The highest BCUT2D eigenvalue weighted by molar-refractivity contribution is 7.46. The second kappa shape index (κ2) is 19.5. The first-order valence-electron chi connectivity index (χ1n) is 11.5. The molecule has 0 saturated carbocycles. The van der Waals surface area contributed by atoms with Crippen LogP contribution in [0, 0.1) is 0 Å². The molecule has 0 amide bonds. The molecular formula is C22H41O8P. The van der Waals surface area contributed by atoms with Crippen LogP contribution in [0.2, 0.25) is 0 Å². The highest BCUT2D eigenvalue weighted by Crippen LogP contribution is 2.35. The molecule has 9 heteroatoms. The van der Waals surface area contributed by atoms with Gasteiger partial charge in [-0.3, -0.25) is 14.1 Å². The molecule has 0 aromatic rings. The van der Waals surface area contributed by atoms with Gasteiger partial charge in [0, 0.05) is 12.8 Å². The lowest BCUT2D eigenvalue weighted by molar-refractivity contribution is -0.161. The SMILES string of the molecule is CCCCC/C=C/CCCCCCCC(=O)O[C@@H](COC(=O)CCC)COP(=O)(O)O. The summed E-state index contributed by atoms with van der Waals surface area (Å²) in [4.78, 5) is 41.1. The van der Waals surface area contributed by atoms with E-state index in [4.69, 9.17) is 19.3 Å². The fourth-order valence-corrected chi connectivity index (χ4v) is 3.17. The van der Waals surface area contributed by atoms with Crippen LogP contribution in [0.1, 0.15) is 97.3 Å². The molecule has 0 heterocycles. The summed E-state index contributed by atoms with van der Waals surface area (Å²) in [5.74, 6) is -0.962. The van der Waals surface area contributed by atoms with Crippen LogP contribution in [-0.2, 0) is 28.2 Å². The van der Waals surface area contributed by atoms with Crippen LogP contribution in [0.4, 0.5) is 0 Å². The molecule has 0 aromatic heterocycles. The van der Waals surface area contributed by atoms with Crippen molar-refractivity contribution in [3.05, 3.63) is 12.2 Å². The van der Waals surface area contributed by atoms with Crippen molar-refractivity contribution in [2.75, 3.05) is 13.2 Å². The van der Waals surface area contributed by atoms with Crippen molar-refractivity contribution in [1.82, 2.24) is 0 Å². The second-order valence-corrected chi connectivity index (χ2v) is 8.84. The molecule has 0 fully saturated rings. The summed E-state index contributed by atoms with van der Waals surface area (Å²) in [5, 5.41) is 0. The molecule has 0 aliphatic rings. The fraction of sp³-hybridized carbons (Fsp3) is 0.818. The summed E-state index contributed by atoms with van der Waals surface area (Å²) in [5.41, 5.74) is 0. The zero-order valence-electron chi connectivity index (χ0n) is 19.1. The Kier molecular flexibility index (Phi) is 18.7. The number of hydrogen-bond acceptors (Lipinski definition) is 6. The number of phosphoric acid groups is 1. The van der Waals surface area contributed by atoms with Gasteiger partial charge in [-0.15, -0.1) is 0 Å². The van der Waals surface area contributed by atoms with E-state index in [1.807, 2.05) is 6.92 Å². The number of ether oxygens (including phenoxy) is 2. The van der Waals surface area contributed by atoms with Crippen LogP contribution < -0.4 is 0 Å². The molecule has 2 N–H and O–H groups in total. The number of allylic oxidation sites excluding steroid dienone is 2. The molecule has 182 valence electrons. The maximum atomic E-state index is 12.0. The standard InChI is InChI=1S/C22H41O8P/c1-3-5-6-7-8-9-10-11-12-13-14-15-17-22(24)30-20(19-29-31(25,26)27)18-28-21(23)16-4-2/h8-9,20H,3-7,10-19H2,1-2H3,(H2,25,26,27)/b9-8+/t20-/m0/s1. The zero-order valence-corrected chi connectivity index (χ0v) is 20.0. The fourth-order valence-electron chi connectivity index (χ4n) is 2.81. The zero-order chi connectivity index (χ0) is 23.4. The van der Waals surface area contributed by atoms with E-state index in [1.165, 1.54) is 19.3 Å². The number of carbonyl (C=O) groups excluding carboxylic acids is 2. The number of unbranched alkanes of at least 4 members (excludes halogenated alkanes) is 8. The molecule has 0 unspecified atom stereocenters. The quantitative estimate of drug-likeness (QED) is 0.109. The lowest BCUT2D eigenvalue weighted by Crippen LogP contribution is -2.29. The Morgan fingerprint density at radius 1 is 0.806 bits per heavy atom. The Morgan fingerprint density at radius 3 is 2.03 bits per heavy atom. The van der Waals surface area contributed by atoms with Crippen molar-refractivity contribution in [2.45, 2.75) is 103 Å². The van der Waals surface area contributed by atoms with E-state index >= 15 is 0 Å². The second-order valence-electron chi connectivity index (χ2n) is 7.60. The topological polar surface area (TPSA) is 119 Å². The largest absolute Gasteiger partial charge is 0.469 e. The smallest absolute Gasteiger partial charge is 0.462 e. The normalized spacial score (nSPS) is 12.8. The van der Waals surface area contributed by atoms with Crippen molar-refractivity contribution in [3.8, 4) is 0 Å². The Balaban J connectivity index is 3.99. The molecule has 31 heavy (non-hydrogen) atoms. The summed E-state index contributed by atoms with van der Waals surface area (Å²) in [6, 6.07) is 0. The van der Waals surface area contributed by atoms with Gasteiger partial charge in [-0.25, -0.2) is 4.57 Å². The molecule has 0 radical (unpaired) electrons. The lowest BCUT2D eigenvalue weighted by Gasteiger charge is -2.18. The summed E-state index contributed by atoms with van der Waals surface area (Å²) in [7, 11) is -4.71. The van der Waals surface area contributed by atoms with Crippen molar-refractivity contribution in [2.24, 2.45) is 0 Å². The van der Waals surface area contributed by atoms with E-state index in [-0.39, 0.29) is 19.4 Å². The van der Waals surface area contributed by atoms with Crippen LogP contribution >= 0.6 is 7.82 Å².